The first kappa shape index (κ1) is 12.1. The summed E-state index contributed by atoms with van der Waals surface area (Å²) in [6, 6.07) is 0.0876. The molecule has 3 heteroatoms. The molecule has 0 bridgehead atoms. The molecule has 2 nitrogen and oxygen atoms in total. The van der Waals surface area contributed by atoms with Crippen molar-refractivity contribution in [1.29, 1.82) is 0 Å². The van der Waals surface area contributed by atoms with Gasteiger partial charge in [-0.05, 0) is 11.8 Å². The topological polar surface area (TPSA) is 43.1 Å². The third kappa shape index (κ3) is 5.72. The summed E-state index contributed by atoms with van der Waals surface area (Å²) in [6.45, 7) is 8.30. The summed E-state index contributed by atoms with van der Waals surface area (Å²) < 4.78 is 11.4. The highest BCUT2D eigenvalue weighted by Crippen LogP contribution is 2.03. The summed E-state index contributed by atoms with van der Waals surface area (Å²) in [4.78, 5) is 0. The first-order chi connectivity index (χ1) is 5.43. The largest absolute Gasteiger partial charge is 0.327 e. The molecule has 0 fully saturated rings. The van der Waals surface area contributed by atoms with Gasteiger partial charge in [-0.3, -0.25) is 4.21 Å². The van der Waals surface area contributed by atoms with Gasteiger partial charge in [0.1, 0.15) is 0 Å². The SMILES string of the molecule is CC(C)CS(=O)CC(N)C(C)C. The number of rotatable bonds is 5. The minimum absolute atomic E-state index is 0.0876. The van der Waals surface area contributed by atoms with E-state index in [0.29, 0.717) is 17.6 Å². The van der Waals surface area contributed by atoms with Crippen LogP contribution in [0.15, 0.2) is 0 Å². The van der Waals surface area contributed by atoms with Crippen molar-refractivity contribution in [2.45, 2.75) is 33.7 Å². The van der Waals surface area contributed by atoms with E-state index in [4.69, 9.17) is 5.73 Å². The molecule has 12 heavy (non-hydrogen) atoms. The zero-order valence-electron chi connectivity index (χ0n) is 8.54. The highest BCUT2D eigenvalue weighted by atomic mass is 32.2. The van der Waals surface area contributed by atoms with Gasteiger partial charge < -0.3 is 5.73 Å². The molecule has 0 saturated carbocycles. The van der Waals surface area contributed by atoms with Crippen molar-refractivity contribution >= 4 is 10.8 Å². The van der Waals surface area contributed by atoms with Crippen molar-refractivity contribution in [3.8, 4) is 0 Å². The zero-order valence-corrected chi connectivity index (χ0v) is 9.36. The zero-order chi connectivity index (χ0) is 9.72. The van der Waals surface area contributed by atoms with Crippen LogP contribution in [0.2, 0.25) is 0 Å². The Hall–Kier alpha value is 0.110. The molecule has 2 unspecified atom stereocenters. The second-order valence-electron chi connectivity index (χ2n) is 4.07. The van der Waals surface area contributed by atoms with Crippen LogP contribution < -0.4 is 5.73 Å². The molecule has 0 aromatic heterocycles. The van der Waals surface area contributed by atoms with Crippen LogP contribution in [0.25, 0.3) is 0 Å². The smallest absolute Gasteiger partial charge is 0.0389 e. The van der Waals surface area contributed by atoms with Crippen molar-refractivity contribution in [2.75, 3.05) is 11.5 Å². The van der Waals surface area contributed by atoms with E-state index >= 15 is 0 Å². The maximum Gasteiger partial charge on any atom is 0.0389 e. The minimum Gasteiger partial charge on any atom is -0.327 e. The summed E-state index contributed by atoms with van der Waals surface area (Å²) >= 11 is 0. The predicted octanol–water partition coefficient (Wildman–Crippen LogP) is 1.37. The summed E-state index contributed by atoms with van der Waals surface area (Å²) in [5.41, 5.74) is 5.80. The monoisotopic (exact) mass is 191 g/mol. The molecule has 0 heterocycles. The maximum absolute atomic E-state index is 11.4. The molecule has 2 atom stereocenters. The molecule has 74 valence electrons. The van der Waals surface area contributed by atoms with Crippen molar-refractivity contribution < 1.29 is 4.21 Å². The van der Waals surface area contributed by atoms with Gasteiger partial charge in [-0.25, -0.2) is 0 Å². The number of hydrogen-bond acceptors (Lipinski definition) is 2. The van der Waals surface area contributed by atoms with E-state index in [0.717, 1.165) is 5.75 Å². The molecule has 0 radical (unpaired) electrons. The molecule has 0 spiro atoms. The molecule has 0 saturated heterocycles. The molecule has 2 N–H and O–H groups in total. The lowest BCUT2D eigenvalue weighted by atomic mass is 10.1. The van der Waals surface area contributed by atoms with Crippen LogP contribution in [0.1, 0.15) is 27.7 Å². The van der Waals surface area contributed by atoms with Crippen LogP contribution in [0.3, 0.4) is 0 Å². The van der Waals surface area contributed by atoms with E-state index < -0.39 is 10.8 Å². The van der Waals surface area contributed by atoms with Crippen molar-refractivity contribution in [1.82, 2.24) is 0 Å². The lowest BCUT2D eigenvalue weighted by molar-refractivity contribution is 0.529. The van der Waals surface area contributed by atoms with Crippen molar-refractivity contribution in [2.24, 2.45) is 17.6 Å². The van der Waals surface area contributed by atoms with Crippen LogP contribution in [-0.4, -0.2) is 21.8 Å². The van der Waals surface area contributed by atoms with E-state index in [-0.39, 0.29) is 6.04 Å². The van der Waals surface area contributed by atoms with Crippen molar-refractivity contribution in [3.05, 3.63) is 0 Å². The first-order valence-corrected chi connectivity index (χ1v) is 6.02. The molecule has 0 aliphatic carbocycles. The molecular formula is C9H21NOS. The quantitative estimate of drug-likeness (QED) is 0.713. The van der Waals surface area contributed by atoms with E-state index in [1.165, 1.54) is 0 Å². The van der Waals surface area contributed by atoms with E-state index in [1.807, 2.05) is 0 Å². The fourth-order valence-electron chi connectivity index (χ4n) is 0.847. The summed E-state index contributed by atoms with van der Waals surface area (Å²) in [6.07, 6.45) is 0. The van der Waals surface area contributed by atoms with Gasteiger partial charge >= 0.3 is 0 Å². The average molecular weight is 191 g/mol. The van der Waals surface area contributed by atoms with Gasteiger partial charge in [-0.2, -0.15) is 0 Å². The Morgan fingerprint density at radius 1 is 1.17 bits per heavy atom. The van der Waals surface area contributed by atoms with Gasteiger partial charge in [0.2, 0.25) is 0 Å². The molecule has 0 aromatic carbocycles. The van der Waals surface area contributed by atoms with E-state index in [1.54, 1.807) is 0 Å². The van der Waals surface area contributed by atoms with Gasteiger partial charge in [-0.15, -0.1) is 0 Å². The molecule has 0 rings (SSSR count). The second kappa shape index (κ2) is 5.70. The lowest BCUT2D eigenvalue weighted by Gasteiger charge is -2.15. The minimum atomic E-state index is -0.726. The van der Waals surface area contributed by atoms with Crippen LogP contribution in [0, 0.1) is 11.8 Å². The summed E-state index contributed by atoms with van der Waals surface area (Å²) in [7, 11) is -0.726. The normalized spacial score (nSPS) is 16.9. The highest BCUT2D eigenvalue weighted by molar-refractivity contribution is 7.85. The van der Waals surface area contributed by atoms with Crippen LogP contribution in [0.4, 0.5) is 0 Å². The second-order valence-corrected chi connectivity index (χ2v) is 5.62. The molecular weight excluding hydrogens is 170 g/mol. The fraction of sp³-hybridized carbons (Fsp3) is 1.00. The number of nitrogens with two attached hydrogens (primary N) is 1. The third-order valence-corrected chi connectivity index (χ3v) is 3.55. The van der Waals surface area contributed by atoms with Crippen molar-refractivity contribution in [3.63, 3.8) is 0 Å². The Labute approximate surface area is 78.4 Å². The maximum atomic E-state index is 11.4. The summed E-state index contributed by atoms with van der Waals surface area (Å²) in [5.74, 6) is 2.36. The number of hydrogen-bond donors (Lipinski definition) is 1. The molecule has 0 aliphatic heterocycles. The average Bonchev–Trinajstić information content (AvgIpc) is 1.84. The predicted molar refractivity (Wildman–Crippen MR) is 55.5 cm³/mol. The lowest BCUT2D eigenvalue weighted by Crippen LogP contribution is -2.33. The molecule has 0 aromatic rings. The van der Waals surface area contributed by atoms with Gasteiger partial charge in [-0.1, -0.05) is 27.7 Å². The van der Waals surface area contributed by atoms with Crippen LogP contribution in [-0.2, 0) is 10.8 Å². The Kier molecular flexibility index (Phi) is 5.76. The Bertz CT molecular complexity index is 145. The van der Waals surface area contributed by atoms with Crippen LogP contribution in [0.5, 0.6) is 0 Å². The van der Waals surface area contributed by atoms with E-state index in [9.17, 15) is 4.21 Å². The Balaban J connectivity index is 3.69. The Morgan fingerprint density at radius 2 is 1.67 bits per heavy atom. The Morgan fingerprint density at radius 3 is 2.00 bits per heavy atom. The molecule has 0 aliphatic rings. The van der Waals surface area contributed by atoms with Crippen LogP contribution >= 0.6 is 0 Å². The summed E-state index contributed by atoms with van der Waals surface area (Å²) in [5, 5.41) is 0. The fourth-order valence-corrected chi connectivity index (χ4v) is 2.54. The van der Waals surface area contributed by atoms with Gasteiger partial charge in [0, 0.05) is 28.3 Å². The third-order valence-electron chi connectivity index (χ3n) is 1.75. The first-order valence-electron chi connectivity index (χ1n) is 4.54. The highest BCUT2D eigenvalue weighted by Gasteiger charge is 2.12. The standard InChI is InChI=1S/C9H21NOS/c1-7(2)5-12(11)6-9(10)8(3)4/h7-9H,5-6,10H2,1-4H3. The van der Waals surface area contributed by atoms with Gasteiger partial charge in [0.25, 0.3) is 0 Å². The van der Waals surface area contributed by atoms with Gasteiger partial charge in [0.15, 0.2) is 0 Å². The molecule has 0 amide bonds. The van der Waals surface area contributed by atoms with E-state index in [2.05, 4.69) is 27.7 Å². The van der Waals surface area contributed by atoms with Gasteiger partial charge in [0.05, 0.1) is 0 Å².